The van der Waals surface area contributed by atoms with Crippen LogP contribution in [0.5, 0.6) is 0 Å². The van der Waals surface area contributed by atoms with Gasteiger partial charge in [-0.25, -0.2) is 24.9 Å². The molecule has 5 aromatic heterocycles. The van der Waals surface area contributed by atoms with E-state index in [1.807, 2.05) is 91.0 Å². The third-order valence-corrected chi connectivity index (χ3v) is 11.7. The Kier molecular flexibility index (Phi) is 6.96. The Labute approximate surface area is 328 Å². The maximum atomic E-state index is 6.62. The summed E-state index contributed by atoms with van der Waals surface area (Å²) in [7, 11) is 0. The van der Waals surface area contributed by atoms with Crippen LogP contribution in [-0.2, 0) is 0 Å². The van der Waals surface area contributed by atoms with E-state index >= 15 is 0 Å². The molecule has 57 heavy (non-hydrogen) atoms. The van der Waals surface area contributed by atoms with Crippen LogP contribution in [0.1, 0.15) is 0 Å². The fraction of sp³-hybridized carbons (Fsp3) is 0. The first kappa shape index (κ1) is 31.8. The number of aromatic nitrogens is 5. The van der Waals surface area contributed by atoms with Crippen LogP contribution in [0, 0.1) is 0 Å². The highest BCUT2D eigenvalue weighted by Crippen LogP contribution is 2.43. The van der Waals surface area contributed by atoms with Gasteiger partial charge in [0, 0.05) is 59.4 Å². The van der Waals surface area contributed by atoms with Gasteiger partial charge in [0.2, 0.25) is 0 Å². The molecule has 0 bridgehead atoms. The maximum absolute atomic E-state index is 6.62. The first-order chi connectivity index (χ1) is 28.2. The molecule has 0 aliphatic heterocycles. The monoisotopic (exact) mass is 749 g/mol. The molecule has 0 unspecified atom stereocenters. The first-order valence-electron chi connectivity index (χ1n) is 18.7. The third kappa shape index (κ3) is 5.08. The molecule has 8 heteroatoms. The molecule has 5 heterocycles. The van der Waals surface area contributed by atoms with E-state index in [0.29, 0.717) is 28.9 Å². The summed E-state index contributed by atoms with van der Waals surface area (Å²) in [6.07, 6.45) is 0. The van der Waals surface area contributed by atoms with Crippen molar-refractivity contribution in [1.82, 2.24) is 24.9 Å². The number of para-hydroxylation sites is 1. The second kappa shape index (κ2) is 12.5. The van der Waals surface area contributed by atoms with Gasteiger partial charge in [0.25, 0.3) is 0 Å². The van der Waals surface area contributed by atoms with Gasteiger partial charge in [-0.05, 0) is 36.4 Å². The number of benzene rings is 7. The number of thiophene rings is 1. The lowest BCUT2D eigenvalue weighted by atomic mass is 10.0. The molecule has 0 saturated heterocycles. The van der Waals surface area contributed by atoms with Gasteiger partial charge in [-0.3, -0.25) is 0 Å². The van der Waals surface area contributed by atoms with Gasteiger partial charge in [-0.1, -0.05) is 127 Å². The molecular formula is C49H27N5O2S. The molecule has 0 saturated carbocycles. The van der Waals surface area contributed by atoms with E-state index in [4.69, 9.17) is 33.8 Å². The summed E-state index contributed by atoms with van der Waals surface area (Å²) >= 11 is 1.73. The fourth-order valence-electron chi connectivity index (χ4n) is 7.96. The van der Waals surface area contributed by atoms with Crippen molar-refractivity contribution in [3.63, 3.8) is 0 Å². The van der Waals surface area contributed by atoms with Crippen molar-refractivity contribution in [1.29, 1.82) is 0 Å². The van der Waals surface area contributed by atoms with Crippen LogP contribution >= 0.6 is 11.3 Å². The summed E-state index contributed by atoms with van der Waals surface area (Å²) in [4.78, 5) is 25.7. The van der Waals surface area contributed by atoms with E-state index < -0.39 is 0 Å². The normalized spacial score (nSPS) is 11.9. The molecule has 0 aliphatic carbocycles. The lowest BCUT2D eigenvalue weighted by molar-refractivity contribution is 0.668. The molecule has 0 radical (unpaired) electrons. The highest BCUT2D eigenvalue weighted by Gasteiger charge is 2.22. The van der Waals surface area contributed by atoms with Gasteiger partial charge in [0.1, 0.15) is 22.3 Å². The number of fused-ring (bicyclic) bond motifs is 9. The second-order valence-corrected chi connectivity index (χ2v) is 15.0. The molecule has 7 nitrogen and oxygen atoms in total. The smallest absolute Gasteiger partial charge is 0.164 e. The molecular weight excluding hydrogens is 723 g/mol. The minimum absolute atomic E-state index is 0.539. The van der Waals surface area contributed by atoms with Crippen LogP contribution in [0.15, 0.2) is 173 Å². The topological polar surface area (TPSA) is 90.7 Å². The molecule has 0 N–H and O–H groups in total. The van der Waals surface area contributed by atoms with Crippen LogP contribution in [0.4, 0.5) is 0 Å². The zero-order valence-electron chi connectivity index (χ0n) is 30.0. The van der Waals surface area contributed by atoms with Gasteiger partial charge in [-0.15, -0.1) is 11.3 Å². The molecule has 0 amide bonds. The van der Waals surface area contributed by atoms with Crippen molar-refractivity contribution >= 4 is 75.5 Å². The Balaban J connectivity index is 1.05. The van der Waals surface area contributed by atoms with Gasteiger partial charge in [0.15, 0.2) is 23.3 Å². The quantitative estimate of drug-likeness (QED) is 0.173. The Morgan fingerprint density at radius 2 is 0.930 bits per heavy atom. The summed E-state index contributed by atoms with van der Waals surface area (Å²) in [5.41, 5.74) is 9.46. The lowest BCUT2D eigenvalue weighted by Crippen LogP contribution is -2.00. The van der Waals surface area contributed by atoms with E-state index in [0.717, 1.165) is 87.4 Å². The van der Waals surface area contributed by atoms with E-state index in [2.05, 4.69) is 72.8 Å². The summed E-state index contributed by atoms with van der Waals surface area (Å²) in [6.45, 7) is 0. The zero-order chi connectivity index (χ0) is 37.5. The van der Waals surface area contributed by atoms with Crippen LogP contribution in [0.2, 0.25) is 0 Å². The molecule has 12 aromatic rings. The van der Waals surface area contributed by atoms with Gasteiger partial charge >= 0.3 is 0 Å². The number of hydrogen-bond donors (Lipinski definition) is 0. The lowest BCUT2D eigenvalue weighted by Gasteiger charge is -2.09. The Morgan fingerprint density at radius 3 is 1.68 bits per heavy atom. The Hall–Kier alpha value is -7.55. The van der Waals surface area contributed by atoms with Gasteiger partial charge in [0.05, 0.1) is 15.9 Å². The van der Waals surface area contributed by atoms with Crippen LogP contribution < -0.4 is 0 Å². The number of furan rings is 2. The molecule has 266 valence electrons. The van der Waals surface area contributed by atoms with E-state index in [9.17, 15) is 0 Å². The molecule has 0 atom stereocenters. The first-order valence-corrected chi connectivity index (χ1v) is 19.5. The predicted octanol–water partition coefficient (Wildman–Crippen LogP) is 13.2. The molecule has 0 fully saturated rings. The summed E-state index contributed by atoms with van der Waals surface area (Å²) in [6, 6.07) is 55.1. The molecule has 12 rings (SSSR count). The van der Waals surface area contributed by atoms with Crippen molar-refractivity contribution in [2.75, 3.05) is 0 Å². The van der Waals surface area contributed by atoms with Crippen molar-refractivity contribution in [2.45, 2.75) is 0 Å². The van der Waals surface area contributed by atoms with E-state index in [1.54, 1.807) is 11.3 Å². The average Bonchev–Trinajstić information content (AvgIpc) is 3.97. The van der Waals surface area contributed by atoms with Gasteiger partial charge < -0.3 is 8.83 Å². The second-order valence-electron chi connectivity index (χ2n) is 14.0. The Bertz CT molecular complexity index is 3540. The van der Waals surface area contributed by atoms with Crippen LogP contribution in [0.3, 0.4) is 0 Å². The van der Waals surface area contributed by atoms with E-state index in [-0.39, 0.29) is 0 Å². The number of rotatable bonds is 5. The van der Waals surface area contributed by atoms with Gasteiger partial charge in [-0.2, -0.15) is 0 Å². The minimum Gasteiger partial charge on any atom is -0.456 e. The van der Waals surface area contributed by atoms with Crippen molar-refractivity contribution in [2.24, 2.45) is 0 Å². The number of hydrogen-bond acceptors (Lipinski definition) is 8. The van der Waals surface area contributed by atoms with E-state index in [1.165, 1.54) is 4.70 Å². The molecule has 7 aromatic carbocycles. The summed E-state index contributed by atoms with van der Waals surface area (Å²) < 4.78 is 15.1. The maximum Gasteiger partial charge on any atom is 0.164 e. The average molecular weight is 750 g/mol. The van der Waals surface area contributed by atoms with Crippen LogP contribution in [0.25, 0.3) is 121 Å². The van der Waals surface area contributed by atoms with Crippen molar-refractivity contribution in [3.8, 4) is 56.8 Å². The summed E-state index contributed by atoms with van der Waals surface area (Å²) in [5.74, 6) is 2.33. The van der Waals surface area contributed by atoms with Crippen LogP contribution in [-0.4, -0.2) is 24.9 Å². The highest BCUT2D eigenvalue weighted by molar-refractivity contribution is 7.26. The minimum atomic E-state index is 0.539. The Morgan fingerprint density at radius 1 is 0.368 bits per heavy atom. The number of nitrogens with zero attached hydrogens (tertiary/aromatic N) is 5. The zero-order valence-corrected chi connectivity index (χ0v) is 30.9. The molecule has 0 spiro atoms. The van der Waals surface area contributed by atoms with Crippen molar-refractivity contribution in [3.05, 3.63) is 164 Å². The summed E-state index contributed by atoms with van der Waals surface area (Å²) in [5, 5.41) is 5.01. The molecule has 0 aliphatic rings. The predicted molar refractivity (Wildman–Crippen MR) is 230 cm³/mol. The fourth-order valence-corrected chi connectivity index (χ4v) is 9.11. The standard InChI is InChI=1S/C49H27N5O2S/c1-3-13-28(14-4-1)43-45-44(33-18-8-10-24-40(33)57-45)51-48(50-43)34-19-11-23-38-42(34)32-26-25-30(27-39(32)56-38)47-52-46(29-15-5-2-6-16-29)53-49(54-47)35-20-12-22-37-41(35)31-17-7-9-21-36(31)55-37/h1-27H. The largest absolute Gasteiger partial charge is 0.456 e. The SMILES string of the molecule is c1ccc(-c2nc(-c3ccc4c(c3)oc3cccc(-c5nc(-c6ccccc6)c6sc7ccccc7c6n5)c34)nc(-c3cccc4oc5ccccc5c34)n2)cc1. The highest BCUT2D eigenvalue weighted by atomic mass is 32.1. The van der Waals surface area contributed by atoms with Crippen molar-refractivity contribution < 1.29 is 8.83 Å². The third-order valence-electron chi connectivity index (χ3n) is 10.6.